The lowest BCUT2D eigenvalue weighted by molar-refractivity contribution is 0.382. The van der Waals surface area contributed by atoms with Gasteiger partial charge in [0.2, 0.25) is 5.95 Å². The molecule has 0 saturated heterocycles. The molecule has 0 aliphatic rings. The fraction of sp³-hybridized carbons (Fsp3) is 0.700. The molecule has 90 valence electrons. The smallest absolute Gasteiger partial charge is 0.251 e. The summed E-state index contributed by atoms with van der Waals surface area (Å²) in [6.07, 6.45) is 4.78. The Kier molecular flexibility index (Phi) is 5.49. The predicted molar refractivity (Wildman–Crippen MR) is 62.6 cm³/mol. The Morgan fingerprint density at radius 2 is 1.81 bits per heavy atom. The summed E-state index contributed by atoms with van der Waals surface area (Å²) < 4.78 is 0. The van der Waals surface area contributed by atoms with Crippen molar-refractivity contribution in [1.82, 2.24) is 15.0 Å². The molecule has 1 aromatic rings. The Morgan fingerprint density at radius 3 is 2.50 bits per heavy atom. The highest BCUT2D eigenvalue weighted by molar-refractivity contribution is 5.32. The lowest BCUT2D eigenvalue weighted by Gasteiger charge is -2.06. The number of aromatic nitrogens is 3. The quantitative estimate of drug-likeness (QED) is 0.486. The van der Waals surface area contributed by atoms with Crippen LogP contribution in [0, 0.1) is 6.92 Å². The second-order valence-electron chi connectivity index (χ2n) is 3.63. The molecule has 0 fully saturated rings. The number of hydrogen-bond acceptors (Lipinski definition) is 6. The number of rotatable bonds is 7. The van der Waals surface area contributed by atoms with Crippen LogP contribution in [0.25, 0.3) is 0 Å². The van der Waals surface area contributed by atoms with Crippen molar-refractivity contribution in [2.24, 2.45) is 0 Å². The third kappa shape index (κ3) is 4.39. The van der Waals surface area contributed by atoms with E-state index >= 15 is 0 Å². The molecule has 0 amide bonds. The van der Waals surface area contributed by atoms with Gasteiger partial charge in [0.05, 0.1) is 0 Å². The highest BCUT2D eigenvalue weighted by atomic mass is 16.5. The first-order chi connectivity index (χ1) is 7.76. The van der Waals surface area contributed by atoms with E-state index in [1.54, 1.807) is 6.92 Å². The molecular weight excluding hydrogens is 206 g/mol. The Bertz CT molecular complexity index is 318. The van der Waals surface area contributed by atoms with Crippen LogP contribution in [-0.4, -0.2) is 26.7 Å². The lowest BCUT2D eigenvalue weighted by atomic mass is 10.2. The van der Waals surface area contributed by atoms with E-state index in [-0.39, 0.29) is 5.95 Å². The maximum atomic E-state index is 8.70. The summed E-state index contributed by atoms with van der Waals surface area (Å²) >= 11 is 0. The number of nitrogens with zero attached hydrogens (tertiary/aromatic N) is 3. The molecule has 0 bridgehead atoms. The van der Waals surface area contributed by atoms with Crippen LogP contribution in [0.4, 0.5) is 11.9 Å². The predicted octanol–water partition coefficient (Wildman–Crippen LogP) is 1.97. The topological polar surface area (TPSA) is 83.0 Å². The van der Waals surface area contributed by atoms with E-state index in [0.717, 1.165) is 13.0 Å². The molecule has 1 aromatic heterocycles. The van der Waals surface area contributed by atoms with Crippen molar-refractivity contribution >= 4 is 11.9 Å². The molecule has 0 radical (unpaired) electrons. The van der Waals surface area contributed by atoms with Gasteiger partial charge in [-0.25, -0.2) is 5.48 Å². The maximum absolute atomic E-state index is 8.70. The van der Waals surface area contributed by atoms with E-state index in [9.17, 15) is 0 Å². The Morgan fingerprint density at radius 1 is 1.06 bits per heavy atom. The first-order valence-electron chi connectivity index (χ1n) is 5.63. The van der Waals surface area contributed by atoms with Crippen molar-refractivity contribution < 1.29 is 5.21 Å². The van der Waals surface area contributed by atoms with Crippen molar-refractivity contribution in [3.8, 4) is 0 Å². The number of anilines is 2. The van der Waals surface area contributed by atoms with E-state index in [1.165, 1.54) is 19.3 Å². The second kappa shape index (κ2) is 6.95. The fourth-order valence-electron chi connectivity index (χ4n) is 1.36. The molecule has 1 rings (SSSR count). The van der Waals surface area contributed by atoms with Crippen LogP contribution in [0.5, 0.6) is 0 Å². The van der Waals surface area contributed by atoms with E-state index in [0.29, 0.717) is 11.8 Å². The van der Waals surface area contributed by atoms with Gasteiger partial charge in [-0.15, -0.1) is 0 Å². The van der Waals surface area contributed by atoms with Crippen LogP contribution in [0.1, 0.15) is 38.4 Å². The van der Waals surface area contributed by atoms with Crippen molar-refractivity contribution in [3.05, 3.63) is 5.82 Å². The summed E-state index contributed by atoms with van der Waals surface area (Å²) in [7, 11) is 0. The van der Waals surface area contributed by atoms with E-state index in [4.69, 9.17) is 5.21 Å². The zero-order valence-corrected chi connectivity index (χ0v) is 9.82. The average molecular weight is 225 g/mol. The van der Waals surface area contributed by atoms with Gasteiger partial charge in [0.1, 0.15) is 5.82 Å². The molecule has 0 saturated carbocycles. The van der Waals surface area contributed by atoms with E-state index < -0.39 is 0 Å². The Hall–Kier alpha value is -1.43. The molecule has 0 aliphatic carbocycles. The number of hydrogen-bond donors (Lipinski definition) is 3. The summed E-state index contributed by atoms with van der Waals surface area (Å²) in [5.74, 6) is 1.24. The van der Waals surface area contributed by atoms with Gasteiger partial charge in [0.25, 0.3) is 5.95 Å². The van der Waals surface area contributed by atoms with E-state index in [1.807, 2.05) is 5.48 Å². The van der Waals surface area contributed by atoms with Crippen LogP contribution in [0.15, 0.2) is 0 Å². The number of nitrogens with one attached hydrogen (secondary N) is 2. The summed E-state index contributed by atoms with van der Waals surface area (Å²) in [6, 6.07) is 0. The van der Waals surface area contributed by atoms with Crippen molar-refractivity contribution in [3.63, 3.8) is 0 Å². The van der Waals surface area contributed by atoms with Crippen LogP contribution in [0.3, 0.4) is 0 Å². The van der Waals surface area contributed by atoms with Crippen molar-refractivity contribution in [1.29, 1.82) is 0 Å². The minimum absolute atomic E-state index is 0.170. The fourth-order valence-corrected chi connectivity index (χ4v) is 1.36. The zero-order chi connectivity index (χ0) is 11.8. The van der Waals surface area contributed by atoms with Crippen LogP contribution < -0.4 is 10.8 Å². The Balaban J connectivity index is 2.38. The Labute approximate surface area is 95.5 Å². The maximum Gasteiger partial charge on any atom is 0.251 e. The number of unbranched alkanes of at least 4 members (excludes halogenated alkanes) is 3. The molecule has 0 spiro atoms. The summed E-state index contributed by atoms with van der Waals surface area (Å²) in [6.45, 7) is 4.78. The third-order valence-electron chi connectivity index (χ3n) is 2.16. The van der Waals surface area contributed by atoms with Crippen molar-refractivity contribution in [2.75, 3.05) is 17.3 Å². The molecule has 0 aliphatic heterocycles. The lowest BCUT2D eigenvalue weighted by Crippen LogP contribution is -2.09. The standard InChI is InChI=1S/C10H19N5O/c1-3-4-5-6-7-11-9-12-8(2)13-10(14-9)15-16/h16H,3-7H2,1-2H3,(H2,11,12,13,14,15). The van der Waals surface area contributed by atoms with Gasteiger partial charge in [0.15, 0.2) is 0 Å². The summed E-state index contributed by atoms with van der Waals surface area (Å²) in [5, 5.41) is 11.8. The zero-order valence-electron chi connectivity index (χ0n) is 9.82. The number of aryl methyl sites for hydroxylation is 1. The van der Waals surface area contributed by atoms with Gasteiger partial charge >= 0.3 is 0 Å². The van der Waals surface area contributed by atoms with E-state index in [2.05, 4.69) is 27.2 Å². The molecule has 0 unspecified atom stereocenters. The van der Waals surface area contributed by atoms with Gasteiger partial charge < -0.3 is 5.32 Å². The minimum Gasteiger partial charge on any atom is -0.354 e. The highest BCUT2D eigenvalue weighted by Gasteiger charge is 2.01. The van der Waals surface area contributed by atoms with Crippen LogP contribution in [-0.2, 0) is 0 Å². The largest absolute Gasteiger partial charge is 0.354 e. The molecule has 3 N–H and O–H groups in total. The van der Waals surface area contributed by atoms with Crippen LogP contribution >= 0.6 is 0 Å². The summed E-state index contributed by atoms with van der Waals surface area (Å²) in [5.41, 5.74) is 1.92. The van der Waals surface area contributed by atoms with Gasteiger partial charge in [-0.05, 0) is 13.3 Å². The first-order valence-corrected chi connectivity index (χ1v) is 5.63. The minimum atomic E-state index is 0.170. The normalized spacial score (nSPS) is 10.2. The highest BCUT2D eigenvalue weighted by Crippen LogP contribution is 2.05. The molecule has 6 heteroatoms. The summed E-state index contributed by atoms with van der Waals surface area (Å²) in [4.78, 5) is 12.0. The van der Waals surface area contributed by atoms with Gasteiger partial charge in [-0.2, -0.15) is 15.0 Å². The molecular formula is C10H19N5O. The molecule has 16 heavy (non-hydrogen) atoms. The monoisotopic (exact) mass is 225 g/mol. The van der Waals surface area contributed by atoms with Gasteiger partial charge in [-0.3, -0.25) is 5.21 Å². The van der Waals surface area contributed by atoms with Crippen molar-refractivity contribution in [2.45, 2.75) is 39.5 Å². The van der Waals surface area contributed by atoms with Gasteiger partial charge in [0, 0.05) is 6.54 Å². The average Bonchev–Trinajstić information content (AvgIpc) is 2.28. The molecule has 0 atom stereocenters. The molecule has 0 aromatic carbocycles. The van der Waals surface area contributed by atoms with Gasteiger partial charge in [-0.1, -0.05) is 26.2 Å². The third-order valence-corrected chi connectivity index (χ3v) is 2.16. The second-order valence-corrected chi connectivity index (χ2v) is 3.63. The molecule has 1 heterocycles. The van der Waals surface area contributed by atoms with Crippen LogP contribution in [0.2, 0.25) is 0 Å². The first kappa shape index (κ1) is 12.6. The molecule has 6 nitrogen and oxygen atoms in total. The SMILES string of the molecule is CCCCCCNc1nc(C)nc(NO)n1.